The monoisotopic (exact) mass is 298 g/mol. The van der Waals surface area contributed by atoms with Gasteiger partial charge in [-0.1, -0.05) is 5.11 Å². The van der Waals surface area contributed by atoms with Gasteiger partial charge in [0.05, 0.1) is 6.61 Å². The molecule has 0 amide bonds. The Bertz CT molecular complexity index is 600. The van der Waals surface area contributed by atoms with E-state index < -0.39 is 36.8 Å². The Kier molecular flexibility index (Phi) is 4.73. The quantitative estimate of drug-likeness (QED) is 0.345. The van der Waals surface area contributed by atoms with E-state index in [1.54, 1.807) is 0 Å². The molecule has 0 bridgehead atoms. The Labute approximate surface area is 118 Å². The summed E-state index contributed by atoms with van der Waals surface area (Å²) >= 11 is 0. The third-order valence-corrected chi connectivity index (χ3v) is 3.00. The maximum Gasteiger partial charge on any atom is 0.351 e. The van der Waals surface area contributed by atoms with Gasteiger partial charge in [0.15, 0.2) is 6.23 Å². The second-order valence-corrected chi connectivity index (χ2v) is 4.27. The van der Waals surface area contributed by atoms with E-state index in [1.807, 2.05) is 0 Å². The summed E-state index contributed by atoms with van der Waals surface area (Å²) in [6.45, 7) is -0.772. The zero-order valence-electron chi connectivity index (χ0n) is 10.8. The van der Waals surface area contributed by atoms with Crippen molar-refractivity contribution in [2.75, 3.05) is 19.1 Å². The summed E-state index contributed by atoms with van der Waals surface area (Å²) in [4.78, 5) is 17.8. The largest absolute Gasteiger partial charge is 0.394 e. The molecule has 114 valence electrons. The van der Waals surface area contributed by atoms with Crippen LogP contribution >= 0.6 is 0 Å². The summed E-state index contributed by atoms with van der Waals surface area (Å²) in [7, 11) is 0. The minimum atomic E-state index is -1.25. The lowest BCUT2D eigenvalue weighted by Gasteiger charge is -2.19. The number of aliphatic hydroxyl groups is 2. The maximum atomic E-state index is 11.7. The Hall–Kier alpha value is -2.17. The van der Waals surface area contributed by atoms with Gasteiger partial charge in [-0.15, -0.1) is 0 Å². The van der Waals surface area contributed by atoms with E-state index in [0.29, 0.717) is 0 Å². The van der Waals surface area contributed by atoms with E-state index in [-0.39, 0.29) is 12.5 Å². The first-order valence-electron chi connectivity index (χ1n) is 6.00. The van der Waals surface area contributed by atoms with Crippen LogP contribution in [-0.2, 0) is 9.47 Å². The highest BCUT2D eigenvalue weighted by atomic mass is 16.6. The fourth-order valence-corrected chi connectivity index (χ4v) is 2.07. The molecule has 0 saturated carbocycles. The van der Waals surface area contributed by atoms with Crippen LogP contribution in [-0.4, -0.2) is 51.4 Å². The van der Waals surface area contributed by atoms with Crippen LogP contribution in [0.25, 0.3) is 10.4 Å². The molecule has 21 heavy (non-hydrogen) atoms. The lowest BCUT2D eigenvalue weighted by molar-refractivity contribution is -0.0613. The van der Waals surface area contributed by atoms with E-state index in [0.717, 1.165) is 4.57 Å². The molecular formula is C10H14N6O5. The van der Waals surface area contributed by atoms with Crippen LogP contribution in [0.2, 0.25) is 0 Å². The van der Waals surface area contributed by atoms with Crippen molar-refractivity contribution >= 4 is 5.82 Å². The maximum absolute atomic E-state index is 11.7. The fourth-order valence-electron chi connectivity index (χ4n) is 2.07. The molecule has 11 nitrogen and oxygen atoms in total. The first-order valence-corrected chi connectivity index (χ1v) is 6.00. The number of anilines is 1. The van der Waals surface area contributed by atoms with Gasteiger partial charge in [-0.25, -0.2) is 4.79 Å². The smallest absolute Gasteiger partial charge is 0.351 e. The number of ether oxygens (including phenoxy) is 2. The topological polar surface area (TPSA) is 169 Å². The minimum absolute atomic E-state index is 0.0404. The predicted molar refractivity (Wildman–Crippen MR) is 68.8 cm³/mol. The van der Waals surface area contributed by atoms with Crippen LogP contribution in [0.4, 0.5) is 5.82 Å². The van der Waals surface area contributed by atoms with Crippen LogP contribution in [0.1, 0.15) is 6.23 Å². The molecule has 1 saturated heterocycles. The number of hydrogen-bond donors (Lipinski definition) is 3. The first kappa shape index (κ1) is 15.2. The van der Waals surface area contributed by atoms with E-state index in [4.69, 9.17) is 20.7 Å². The molecular weight excluding hydrogens is 284 g/mol. The van der Waals surface area contributed by atoms with Crippen LogP contribution in [0.3, 0.4) is 0 Å². The number of rotatable bonds is 5. The van der Waals surface area contributed by atoms with Crippen molar-refractivity contribution in [1.29, 1.82) is 0 Å². The highest BCUT2D eigenvalue weighted by molar-refractivity contribution is 5.23. The van der Waals surface area contributed by atoms with Crippen LogP contribution < -0.4 is 11.4 Å². The van der Waals surface area contributed by atoms with Crippen molar-refractivity contribution in [2.24, 2.45) is 5.11 Å². The van der Waals surface area contributed by atoms with Gasteiger partial charge >= 0.3 is 5.69 Å². The van der Waals surface area contributed by atoms with Gasteiger partial charge in [0, 0.05) is 11.1 Å². The normalized spacial score (nSPS) is 28.3. The predicted octanol–water partition coefficient (Wildman–Crippen LogP) is -1.27. The molecule has 1 aromatic heterocycles. The molecule has 0 unspecified atom stereocenters. The van der Waals surface area contributed by atoms with Gasteiger partial charge in [-0.2, -0.15) is 4.98 Å². The molecule has 1 aliphatic heterocycles. The van der Waals surface area contributed by atoms with E-state index >= 15 is 0 Å². The molecule has 4 N–H and O–H groups in total. The Morgan fingerprint density at radius 3 is 3.05 bits per heavy atom. The SMILES string of the molecule is [N-]=[N+]=NCO[C@H]1[C@@H](O)[C@H](n2ccc(N)nc2=O)O[C@@H]1CO. The van der Waals surface area contributed by atoms with Gasteiger partial charge in [0.2, 0.25) is 0 Å². The average Bonchev–Trinajstić information content (AvgIpc) is 2.76. The molecule has 1 aliphatic rings. The summed E-state index contributed by atoms with van der Waals surface area (Å²) in [5.74, 6) is 0.0404. The second-order valence-electron chi connectivity index (χ2n) is 4.27. The van der Waals surface area contributed by atoms with Gasteiger partial charge in [-0.3, -0.25) is 4.57 Å². The molecule has 0 aromatic carbocycles. The molecule has 2 rings (SSSR count). The molecule has 2 heterocycles. The minimum Gasteiger partial charge on any atom is -0.394 e. The Morgan fingerprint density at radius 1 is 1.67 bits per heavy atom. The van der Waals surface area contributed by atoms with Crippen molar-refractivity contribution in [3.05, 3.63) is 33.2 Å². The summed E-state index contributed by atoms with van der Waals surface area (Å²) in [6.07, 6.45) is -2.83. The van der Waals surface area contributed by atoms with E-state index in [1.165, 1.54) is 12.3 Å². The number of nitrogens with zero attached hydrogens (tertiary/aromatic N) is 5. The lowest BCUT2D eigenvalue weighted by atomic mass is 10.1. The third-order valence-electron chi connectivity index (χ3n) is 3.00. The number of aliphatic hydroxyl groups excluding tert-OH is 2. The Balaban J connectivity index is 2.22. The summed E-state index contributed by atoms with van der Waals surface area (Å²) in [5, 5.41) is 22.6. The first-order chi connectivity index (χ1) is 10.1. The third kappa shape index (κ3) is 3.12. The van der Waals surface area contributed by atoms with Crippen LogP contribution in [0.5, 0.6) is 0 Å². The molecule has 0 spiro atoms. The molecule has 0 radical (unpaired) electrons. The zero-order chi connectivity index (χ0) is 15.4. The Morgan fingerprint density at radius 2 is 2.43 bits per heavy atom. The fraction of sp³-hybridized carbons (Fsp3) is 0.600. The van der Waals surface area contributed by atoms with Crippen molar-refractivity contribution in [1.82, 2.24) is 9.55 Å². The van der Waals surface area contributed by atoms with E-state index in [2.05, 4.69) is 15.0 Å². The van der Waals surface area contributed by atoms with Crippen LogP contribution in [0, 0.1) is 0 Å². The standard InChI is InChI=1S/C10H14N6O5/c11-6-1-2-16(10(19)14-6)9-7(18)8(5(3-17)21-9)20-4-13-15-12/h1-2,5,7-9,17-18H,3-4H2,(H2,11,14,19)/t5-,7-,8-,9-/m1/s1. The molecule has 1 aromatic rings. The summed E-state index contributed by atoms with van der Waals surface area (Å²) in [5.41, 5.74) is 12.9. The second kappa shape index (κ2) is 6.52. The van der Waals surface area contributed by atoms with Crippen molar-refractivity contribution in [3.8, 4) is 0 Å². The van der Waals surface area contributed by atoms with Crippen molar-refractivity contribution in [2.45, 2.75) is 24.5 Å². The molecule has 11 heteroatoms. The van der Waals surface area contributed by atoms with E-state index in [9.17, 15) is 15.0 Å². The highest BCUT2D eigenvalue weighted by Gasteiger charge is 2.45. The highest BCUT2D eigenvalue weighted by Crippen LogP contribution is 2.30. The van der Waals surface area contributed by atoms with Gasteiger partial charge in [-0.05, 0) is 11.6 Å². The van der Waals surface area contributed by atoms with Gasteiger partial charge in [0.25, 0.3) is 0 Å². The number of nitrogens with two attached hydrogens (primary N) is 1. The van der Waals surface area contributed by atoms with Gasteiger partial charge in [0.1, 0.15) is 30.9 Å². The van der Waals surface area contributed by atoms with Gasteiger partial charge < -0.3 is 25.4 Å². The van der Waals surface area contributed by atoms with Crippen molar-refractivity contribution in [3.63, 3.8) is 0 Å². The van der Waals surface area contributed by atoms with Crippen molar-refractivity contribution < 1.29 is 19.7 Å². The number of aromatic nitrogens is 2. The average molecular weight is 298 g/mol. The number of azide groups is 1. The number of nitrogen functional groups attached to an aromatic ring is 1. The summed E-state index contributed by atoms with van der Waals surface area (Å²) < 4.78 is 11.6. The van der Waals surface area contributed by atoms with Crippen LogP contribution in [0.15, 0.2) is 22.2 Å². The summed E-state index contributed by atoms with van der Waals surface area (Å²) in [6, 6.07) is 1.37. The molecule has 1 fully saturated rings. The molecule has 4 atom stereocenters. The molecule has 0 aliphatic carbocycles. The lowest BCUT2D eigenvalue weighted by Crippen LogP contribution is -2.38. The zero-order valence-corrected chi connectivity index (χ0v) is 10.8. The number of hydrogen-bond acceptors (Lipinski definition) is 8.